The van der Waals surface area contributed by atoms with Gasteiger partial charge in [-0.25, -0.2) is 4.98 Å². The topological polar surface area (TPSA) is 42.7 Å². The largest absolute Gasteiger partial charge is 0.312 e. The summed E-state index contributed by atoms with van der Waals surface area (Å²) < 4.78 is 1.96. The Bertz CT molecular complexity index is 383. The minimum Gasteiger partial charge on any atom is -0.312 e. The monoisotopic (exact) mass is 250 g/mol. The summed E-state index contributed by atoms with van der Waals surface area (Å²) in [6.07, 6.45) is 6.16. The van der Waals surface area contributed by atoms with Gasteiger partial charge >= 0.3 is 0 Å². The van der Waals surface area contributed by atoms with Crippen LogP contribution in [0.2, 0.25) is 0 Å². The average Bonchev–Trinajstić information content (AvgIpc) is 2.86. The Morgan fingerprint density at radius 3 is 2.56 bits per heavy atom. The van der Waals surface area contributed by atoms with Crippen LogP contribution in [-0.4, -0.2) is 26.8 Å². The second-order valence-corrected chi connectivity index (χ2v) is 6.42. The molecule has 1 aromatic heterocycles. The third-order valence-corrected chi connectivity index (χ3v) is 3.59. The van der Waals surface area contributed by atoms with Gasteiger partial charge < -0.3 is 5.32 Å². The molecule has 1 aromatic rings. The molecule has 1 fully saturated rings. The number of nitrogens with zero attached hydrogens (tertiary/aromatic N) is 3. The van der Waals surface area contributed by atoms with E-state index in [4.69, 9.17) is 4.98 Å². The maximum Gasteiger partial charge on any atom is 0.154 e. The lowest BCUT2D eigenvalue weighted by Crippen LogP contribution is -2.37. The fourth-order valence-electron chi connectivity index (χ4n) is 2.56. The van der Waals surface area contributed by atoms with Gasteiger partial charge in [-0.05, 0) is 33.6 Å². The standard InChI is InChI=1S/C14H26N4/c1-14(2,3)15-10-9-12-16-13(17-18(12)4)11-7-5-6-8-11/h11,15H,5-10H2,1-4H3. The molecule has 1 N–H and O–H groups in total. The molecule has 1 aliphatic rings. The number of nitrogens with one attached hydrogen (secondary N) is 1. The van der Waals surface area contributed by atoms with Gasteiger partial charge in [0.15, 0.2) is 5.82 Å². The third kappa shape index (κ3) is 3.55. The SMILES string of the molecule is Cn1nc(C2CCCC2)nc1CCNC(C)(C)C. The molecule has 0 amide bonds. The molecule has 0 atom stereocenters. The molecule has 0 aromatic carbocycles. The molecule has 4 nitrogen and oxygen atoms in total. The van der Waals surface area contributed by atoms with E-state index < -0.39 is 0 Å². The highest BCUT2D eigenvalue weighted by atomic mass is 15.3. The van der Waals surface area contributed by atoms with E-state index in [1.165, 1.54) is 25.7 Å². The summed E-state index contributed by atoms with van der Waals surface area (Å²) in [5, 5.41) is 8.08. The Labute approximate surface area is 110 Å². The number of aryl methyl sites for hydroxylation is 1. The smallest absolute Gasteiger partial charge is 0.154 e. The molecular weight excluding hydrogens is 224 g/mol. The summed E-state index contributed by atoms with van der Waals surface area (Å²) in [7, 11) is 2.01. The van der Waals surface area contributed by atoms with E-state index in [9.17, 15) is 0 Å². The second-order valence-electron chi connectivity index (χ2n) is 6.42. The van der Waals surface area contributed by atoms with Crippen molar-refractivity contribution in [3.05, 3.63) is 11.6 Å². The van der Waals surface area contributed by atoms with Gasteiger partial charge in [0.25, 0.3) is 0 Å². The van der Waals surface area contributed by atoms with E-state index >= 15 is 0 Å². The maximum absolute atomic E-state index is 4.72. The molecule has 0 radical (unpaired) electrons. The van der Waals surface area contributed by atoms with Gasteiger partial charge in [-0.2, -0.15) is 5.10 Å². The normalized spacial score (nSPS) is 17.6. The quantitative estimate of drug-likeness (QED) is 0.892. The third-order valence-electron chi connectivity index (χ3n) is 3.59. The van der Waals surface area contributed by atoms with Crippen molar-refractivity contribution in [1.82, 2.24) is 20.1 Å². The summed E-state index contributed by atoms with van der Waals surface area (Å²) in [6, 6.07) is 0. The Hall–Kier alpha value is -0.900. The Balaban J connectivity index is 1.92. The van der Waals surface area contributed by atoms with Gasteiger partial charge in [0.05, 0.1) is 0 Å². The molecule has 2 rings (SSSR count). The van der Waals surface area contributed by atoms with Gasteiger partial charge in [0, 0.05) is 31.5 Å². The van der Waals surface area contributed by atoms with E-state index in [0.717, 1.165) is 24.6 Å². The molecule has 1 heterocycles. The molecule has 4 heteroatoms. The van der Waals surface area contributed by atoms with E-state index in [1.54, 1.807) is 0 Å². The minimum atomic E-state index is 0.173. The predicted octanol–water partition coefficient (Wildman–Crippen LogP) is 2.40. The molecular formula is C14H26N4. The first kappa shape index (κ1) is 13.5. The lowest BCUT2D eigenvalue weighted by molar-refractivity contribution is 0.425. The van der Waals surface area contributed by atoms with Crippen molar-refractivity contribution >= 4 is 0 Å². The maximum atomic E-state index is 4.72. The van der Waals surface area contributed by atoms with Crippen LogP contribution in [-0.2, 0) is 13.5 Å². The van der Waals surface area contributed by atoms with Gasteiger partial charge in [-0.1, -0.05) is 12.8 Å². The zero-order valence-corrected chi connectivity index (χ0v) is 12.2. The number of hydrogen-bond acceptors (Lipinski definition) is 3. The summed E-state index contributed by atoms with van der Waals surface area (Å²) >= 11 is 0. The second kappa shape index (κ2) is 5.39. The summed E-state index contributed by atoms with van der Waals surface area (Å²) in [4.78, 5) is 4.72. The van der Waals surface area contributed by atoms with Crippen LogP contribution < -0.4 is 5.32 Å². The highest BCUT2D eigenvalue weighted by Gasteiger charge is 2.22. The van der Waals surface area contributed by atoms with Crippen molar-refractivity contribution in [3.63, 3.8) is 0 Å². The first-order valence-electron chi connectivity index (χ1n) is 7.10. The van der Waals surface area contributed by atoms with Crippen LogP contribution in [0.15, 0.2) is 0 Å². The number of hydrogen-bond donors (Lipinski definition) is 1. The summed E-state index contributed by atoms with van der Waals surface area (Å²) in [6.45, 7) is 7.52. The fourth-order valence-corrected chi connectivity index (χ4v) is 2.56. The zero-order valence-electron chi connectivity index (χ0n) is 12.2. The van der Waals surface area contributed by atoms with Crippen LogP contribution in [0.1, 0.15) is 64.0 Å². The van der Waals surface area contributed by atoms with Crippen LogP contribution in [0.3, 0.4) is 0 Å². The van der Waals surface area contributed by atoms with Crippen molar-refractivity contribution in [2.45, 2.75) is 64.3 Å². The van der Waals surface area contributed by atoms with Crippen LogP contribution in [0.5, 0.6) is 0 Å². The zero-order chi connectivity index (χ0) is 13.2. The fraction of sp³-hybridized carbons (Fsp3) is 0.857. The van der Waals surface area contributed by atoms with Crippen molar-refractivity contribution in [2.24, 2.45) is 7.05 Å². The van der Waals surface area contributed by atoms with E-state index in [2.05, 4.69) is 31.2 Å². The molecule has 102 valence electrons. The first-order chi connectivity index (χ1) is 8.46. The molecule has 0 bridgehead atoms. The molecule has 0 spiro atoms. The van der Waals surface area contributed by atoms with E-state index in [0.29, 0.717) is 5.92 Å². The van der Waals surface area contributed by atoms with Gasteiger partial charge in [-0.15, -0.1) is 0 Å². The molecule has 1 aliphatic carbocycles. The Morgan fingerprint density at radius 2 is 1.94 bits per heavy atom. The molecule has 1 saturated carbocycles. The number of rotatable bonds is 4. The van der Waals surface area contributed by atoms with Crippen molar-refractivity contribution in [3.8, 4) is 0 Å². The van der Waals surface area contributed by atoms with Crippen molar-refractivity contribution < 1.29 is 0 Å². The lowest BCUT2D eigenvalue weighted by atomic mass is 10.1. The Kier molecular flexibility index (Phi) is 4.05. The van der Waals surface area contributed by atoms with E-state index in [-0.39, 0.29) is 5.54 Å². The van der Waals surface area contributed by atoms with Gasteiger partial charge in [-0.3, -0.25) is 4.68 Å². The van der Waals surface area contributed by atoms with Crippen LogP contribution in [0.4, 0.5) is 0 Å². The molecule has 18 heavy (non-hydrogen) atoms. The number of aromatic nitrogens is 3. The molecule has 0 saturated heterocycles. The lowest BCUT2D eigenvalue weighted by Gasteiger charge is -2.20. The first-order valence-corrected chi connectivity index (χ1v) is 7.10. The molecule has 0 unspecified atom stereocenters. The van der Waals surface area contributed by atoms with Crippen molar-refractivity contribution in [2.75, 3.05) is 6.54 Å². The van der Waals surface area contributed by atoms with Gasteiger partial charge in [0.1, 0.15) is 5.82 Å². The predicted molar refractivity (Wildman–Crippen MR) is 73.7 cm³/mol. The van der Waals surface area contributed by atoms with Crippen LogP contribution >= 0.6 is 0 Å². The highest BCUT2D eigenvalue weighted by molar-refractivity contribution is 5.01. The van der Waals surface area contributed by atoms with Crippen LogP contribution in [0.25, 0.3) is 0 Å². The Morgan fingerprint density at radius 1 is 1.28 bits per heavy atom. The highest BCUT2D eigenvalue weighted by Crippen LogP contribution is 2.32. The summed E-state index contributed by atoms with van der Waals surface area (Å²) in [5.41, 5.74) is 0.173. The van der Waals surface area contributed by atoms with E-state index in [1.807, 2.05) is 11.7 Å². The van der Waals surface area contributed by atoms with Gasteiger partial charge in [0.2, 0.25) is 0 Å². The van der Waals surface area contributed by atoms with Crippen LogP contribution in [0, 0.1) is 0 Å². The van der Waals surface area contributed by atoms with Crippen molar-refractivity contribution in [1.29, 1.82) is 0 Å². The average molecular weight is 250 g/mol. The molecule has 0 aliphatic heterocycles. The minimum absolute atomic E-state index is 0.173. The summed E-state index contributed by atoms with van der Waals surface area (Å²) in [5.74, 6) is 2.79.